The van der Waals surface area contributed by atoms with Crippen molar-refractivity contribution in [1.82, 2.24) is 0 Å². The van der Waals surface area contributed by atoms with Crippen molar-refractivity contribution in [1.29, 1.82) is 0 Å². The quantitative estimate of drug-likeness (QED) is 0.170. The van der Waals surface area contributed by atoms with E-state index in [1.54, 1.807) is 0 Å². The van der Waals surface area contributed by atoms with Gasteiger partial charge in [0.1, 0.15) is 11.2 Å². The number of hydrogen-bond acceptors (Lipinski definition) is 6. The molecule has 8 aromatic carbocycles. The molecule has 6 heterocycles. The summed E-state index contributed by atoms with van der Waals surface area (Å²) in [6.07, 6.45) is 0. The first-order valence-corrected chi connectivity index (χ1v) is 22.7. The fraction of sp³-hybridized carbons (Fsp3) is 0. The molecule has 0 N–H and O–H groups in total. The summed E-state index contributed by atoms with van der Waals surface area (Å²) in [5.41, 5.74) is 6.83. The molecule has 0 bridgehead atoms. The number of benzene rings is 8. The SMILES string of the molecule is c1ccc2c(c1)sc1c3ccc(-c4ccc5c(c4)oc4c5ccc5c4ccc4c6ccc(-c7ccc8c(c7)sc7c9ccccc9sc87)cc6sc45)cc3sc21. The van der Waals surface area contributed by atoms with E-state index in [4.69, 9.17) is 4.42 Å². The van der Waals surface area contributed by atoms with Crippen LogP contribution in [-0.2, 0) is 0 Å². The first-order chi connectivity index (χ1) is 27.7. The maximum Gasteiger partial charge on any atom is 0.143 e. The van der Waals surface area contributed by atoms with Crippen molar-refractivity contribution >= 4 is 169 Å². The molecule has 0 atom stereocenters. The summed E-state index contributed by atoms with van der Waals surface area (Å²) in [6.45, 7) is 0. The molecule has 14 aromatic rings. The van der Waals surface area contributed by atoms with Crippen molar-refractivity contribution in [2.45, 2.75) is 0 Å². The molecule has 6 aromatic heterocycles. The van der Waals surface area contributed by atoms with E-state index in [2.05, 4.69) is 146 Å². The van der Waals surface area contributed by atoms with Gasteiger partial charge in [-0.25, -0.2) is 0 Å². The lowest BCUT2D eigenvalue weighted by atomic mass is 10.00. The number of fused-ring (bicyclic) bond motifs is 19. The second-order valence-corrected chi connectivity index (χ2v) is 20.0. The number of thiophene rings is 5. The molecule has 0 aliphatic heterocycles. The average Bonchev–Trinajstić information content (AvgIpc) is 4.08. The van der Waals surface area contributed by atoms with Gasteiger partial charge in [-0.3, -0.25) is 0 Å². The van der Waals surface area contributed by atoms with Crippen molar-refractivity contribution in [3.8, 4) is 22.3 Å². The third-order valence-corrected chi connectivity index (χ3v) is 18.0. The summed E-state index contributed by atoms with van der Waals surface area (Å²) in [4.78, 5) is 0. The van der Waals surface area contributed by atoms with E-state index in [0.717, 1.165) is 16.6 Å². The highest BCUT2D eigenvalue weighted by Gasteiger charge is 2.18. The predicted molar refractivity (Wildman–Crippen MR) is 252 cm³/mol. The van der Waals surface area contributed by atoms with E-state index in [0.29, 0.717) is 0 Å². The minimum atomic E-state index is 0.931. The fourth-order valence-electron chi connectivity index (χ4n) is 9.00. The Labute approximate surface area is 338 Å². The van der Waals surface area contributed by atoms with Gasteiger partial charge < -0.3 is 4.42 Å². The fourth-order valence-corrected chi connectivity index (χ4v) is 15.7. The van der Waals surface area contributed by atoms with E-state index in [9.17, 15) is 0 Å². The lowest BCUT2D eigenvalue weighted by Crippen LogP contribution is -1.77. The largest absolute Gasteiger partial charge is 0.455 e. The molecule has 0 aliphatic rings. The Hall–Kier alpha value is -5.60. The predicted octanol–water partition coefficient (Wildman–Crippen LogP) is 17.6. The second kappa shape index (κ2) is 11.0. The summed E-state index contributed by atoms with van der Waals surface area (Å²) in [7, 11) is 0. The van der Waals surface area contributed by atoms with Crippen molar-refractivity contribution in [3.63, 3.8) is 0 Å². The van der Waals surface area contributed by atoms with Crippen molar-refractivity contribution in [2.75, 3.05) is 0 Å². The van der Waals surface area contributed by atoms with Crippen LogP contribution in [0.5, 0.6) is 0 Å². The van der Waals surface area contributed by atoms with Crippen LogP contribution in [0.1, 0.15) is 0 Å². The Morgan fingerprint density at radius 2 is 0.643 bits per heavy atom. The molecule has 0 spiro atoms. The Morgan fingerprint density at radius 3 is 1.23 bits per heavy atom. The van der Waals surface area contributed by atoms with Gasteiger partial charge in [0.15, 0.2) is 0 Å². The highest BCUT2D eigenvalue weighted by molar-refractivity contribution is 7.37. The highest BCUT2D eigenvalue weighted by Crippen LogP contribution is 2.48. The van der Waals surface area contributed by atoms with Crippen LogP contribution in [0, 0.1) is 0 Å². The monoisotopic (exact) mass is 800 g/mol. The summed E-state index contributed by atoms with van der Waals surface area (Å²) in [6, 6.07) is 54.4. The van der Waals surface area contributed by atoms with Crippen molar-refractivity contribution in [3.05, 3.63) is 146 Å². The van der Waals surface area contributed by atoms with Crippen LogP contribution in [0.3, 0.4) is 0 Å². The molecule has 260 valence electrons. The molecule has 0 radical (unpaired) electrons. The molecular weight excluding hydrogens is 777 g/mol. The van der Waals surface area contributed by atoms with Gasteiger partial charge in [0.25, 0.3) is 0 Å². The van der Waals surface area contributed by atoms with Gasteiger partial charge >= 0.3 is 0 Å². The van der Waals surface area contributed by atoms with E-state index in [1.165, 1.54) is 118 Å². The van der Waals surface area contributed by atoms with Gasteiger partial charge in [0, 0.05) is 82.1 Å². The topological polar surface area (TPSA) is 13.1 Å². The summed E-state index contributed by atoms with van der Waals surface area (Å²) >= 11 is 9.54. The normalized spacial score (nSPS) is 12.6. The third-order valence-electron chi connectivity index (χ3n) is 11.7. The van der Waals surface area contributed by atoms with Gasteiger partial charge in [0.2, 0.25) is 0 Å². The zero-order chi connectivity index (χ0) is 36.2. The van der Waals surface area contributed by atoms with Crippen LogP contribution in [0.4, 0.5) is 0 Å². The summed E-state index contributed by atoms with van der Waals surface area (Å²) < 4.78 is 20.5. The van der Waals surface area contributed by atoms with E-state index in [1.807, 2.05) is 56.7 Å². The molecule has 0 amide bonds. The van der Waals surface area contributed by atoms with Crippen molar-refractivity contribution in [2.24, 2.45) is 0 Å². The van der Waals surface area contributed by atoms with E-state index >= 15 is 0 Å². The van der Waals surface area contributed by atoms with Crippen molar-refractivity contribution < 1.29 is 4.42 Å². The zero-order valence-corrected chi connectivity index (χ0v) is 33.4. The van der Waals surface area contributed by atoms with Crippen LogP contribution in [-0.4, -0.2) is 0 Å². The molecule has 56 heavy (non-hydrogen) atoms. The number of furan rings is 1. The first kappa shape index (κ1) is 30.6. The standard InChI is InChI=1S/C50H24OS5/c1-3-7-40-35(5-1)47-49(52-40)37-15-11-26(23-43(37)55-47)25-9-13-29-31-17-20-34-32(45(31)51-39(29)21-25)18-19-33-30-14-10-27(22-42(30)54-46(33)34)28-12-16-38-44(24-28)56-48-36-6-2-4-8-41(36)53-50(38)48/h1-24H. The summed E-state index contributed by atoms with van der Waals surface area (Å²) in [5, 5.41) is 12.8. The summed E-state index contributed by atoms with van der Waals surface area (Å²) in [5.74, 6) is 0. The molecular formula is C50H24OS5. The minimum Gasteiger partial charge on any atom is -0.455 e. The average molecular weight is 801 g/mol. The van der Waals surface area contributed by atoms with Gasteiger partial charge in [-0.05, 0) is 76.9 Å². The lowest BCUT2D eigenvalue weighted by Gasteiger charge is -2.03. The van der Waals surface area contributed by atoms with E-state index in [-0.39, 0.29) is 0 Å². The Balaban J connectivity index is 0.862. The van der Waals surface area contributed by atoms with Crippen LogP contribution in [0.2, 0.25) is 0 Å². The molecule has 1 nitrogen and oxygen atoms in total. The Morgan fingerprint density at radius 1 is 0.268 bits per heavy atom. The Bertz CT molecular complexity index is 3750. The minimum absolute atomic E-state index is 0.931. The first-order valence-electron chi connectivity index (χ1n) is 18.6. The third kappa shape index (κ3) is 4.12. The molecule has 0 aliphatic carbocycles. The van der Waals surface area contributed by atoms with Crippen LogP contribution in [0.25, 0.3) is 134 Å². The lowest BCUT2D eigenvalue weighted by molar-refractivity contribution is 0.673. The van der Waals surface area contributed by atoms with Crippen LogP contribution >= 0.6 is 56.7 Å². The second-order valence-electron chi connectivity index (χ2n) is 14.7. The maximum atomic E-state index is 6.78. The van der Waals surface area contributed by atoms with Gasteiger partial charge in [-0.2, -0.15) is 0 Å². The molecule has 0 fully saturated rings. The highest BCUT2D eigenvalue weighted by atomic mass is 32.1. The van der Waals surface area contributed by atoms with Gasteiger partial charge in [0.05, 0.1) is 18.8 Å². The number of rotatable bonds is 2. The van der Waals surface area contributed by atoms with Crippen LogP contribution < -0.4 is 0 Å². The molecule has 6 heteroatoms. The van der Waals surface area contributed by atoms with Gasteiger partial charge in [-0.1, -0.05) is 91.0 Å². The molecule has 0 saturated carbocycles. The van der Waals surface area contributed by atoms with E-state index < -0.39 is 0 Å². The molecule has 0 saturated heterocycles. The maximum absolute atomic E-state index is 6.78. The van der Waals surface area contributed by atoms with Crippen LogP contribution in [0.15, 0.2) is 150 Å². The number of hydrogen-bond donors (Lipinski definition) is 0. The molecule has 14 rings (SSSR count). The smallest absolute Gasteiger partial charge is 0.143 e. The molecule has 0 unspecified atom stereocenters. The van der Waals surface area contributed by atoms with Gasteiger partial charge in [-0.15, -0.1) is 56.7 Å². The zero-order valence-electron chi connectivity index (χ0n) is 29.3. The Kier molecular flexibility index (Phi) is 6.03.